The summed E-state index contributed by atoms with van der Waals surface area (Å²) in [4.78, 5) is 27.5. The molecule has 1 heterocycles. The SMILES string of the molecule is CC(C)(C)OC(=O)N1CCN(Cc2ccc(CCl)cc2)C(=O)C1. The average molecular weight is 339 g/mol. The molecule has 2 amide bonds. The van der Waals surface area contributed by atoms with Gasteiger partial charge in [-0.05, 0) is 31.9 Å². The molecular weight excluding hydrogens is 316 g/mol. The molecular formula is C17H23ClN2O3. The number of ether oxygens (including phenoxy) is 1. The van der Waals surface area contributed by atoms with Crippen molar-refractivity contribution in [3.8, 4) is 0 Å². The molecule has 1 aliphatic rings. The minimum absolute atomic E-state index is 0.0642. The molecule has 0 bridgehead atoms. The second-order valence-electron chi connectivity index (χ2n) is 6.67. The van der Waals surface area contributed by atoms with E-state index >= 15 is 0 Å². The third-order valence-corrected chi connectivity index (χ3v) is 3.83. The van der Waals surface area contributed by atoms with Crippen LogP contribution < -0.4 is 0 Å². The molecule has 0 saturated carbocycles. The molecule has 0 aromatic heterocycles. The van der Waals surface area contributed by atoms with Crippen LogP contribution in [-0.4, -0.2) is 47.0 Å². The van der Waals surface area contributed by atoms with Crippen LogP contribution in [0, 0.1) is 0 Å². The van der Waals surface area contributed by atoms with E-state index in [1.807, 2.05) is 45.0 Å². The molecule has 0 radical (unpaired) electrons. The van der Waals surface area contributed by atoms with Crippen molar-refractivity contribution in [2.24, 2.45) is 0 Å². The number of halogens is 1. The maximum atomic E-state index is 12.3. The van der Waals surface area contributed by atoms with Gasteiger partial charge in [0.2, 0.25) is 5.91 Å². The Labute approximate surface area is 142 Å². The third kappa shape index (κ3) is 5.13. The predicted molar refractivity (Wildman–Crippen MR) is 89.2 cm³/mol. The molecule has 2 rings (SSSR count). The second-order valence-corrected chi connectivity index (χ2v) is 6.93. The van der Waals surface area contributed by atoms with Gasteiger partial charge in [-0.15, -0.1) is 11.6 Å². The molecule has 1 aromatic rings. The molecule has 5 nitrogen and oxygen atoms in total. The molecule has 0 atom stereocenters. The molecule has 1 aliphatic heterocycles. The van der Waals surface area contributed by atoms with E-state index in [-0.39, 0.29) is 12.5 Å². The van der Waals surface area contributed by atoms with Gasteiger partial charge in [-0.25, -0.2) is 4.79 Å². The molecule has 0 spiro atoms. The van der Waals surface area contributed by atoms with Crippen molar-refractivity contribution in [1.29, 1.82) is 0 Å². The first-order valence-corrected chi connectivity index (χ1v) is 8.21. The van der Waals surface area contributed by atoms with E-state index in [1.165, 1.54) is 4.90 Å². The number of carbonyl (C=O) groups excluding carboxylic acids is 2. The van der Waals surface area contributed by atoms with Crippen LogP contribution in [0.15, 0.2) is 24.3 Å². The first-order valence-electron chi connectivity index (χ1n) is 7.68. The van der Waals surface area contributed by atoms with E-state index in [4.69, 9.17) is 16.3 Å². The average Bonchev–Trinajstić information content (AvgIpc) is 2.48. The fourth-order valence-electron chi connectivity index (χ4n) is 2.31. The van der Waals surface area contributed by atoms with Gasteiger partial charge in [0, 0.05) is 25.5 Å². The number of alkyl halides is 1. The normalized spacial score (nSPS) is 15.7. The highest BCUT2D eigenvalue weighted by Gasteiger charge is 2.30. The molecule has 0 aliphatic carbocycles. The molecule has 1 fully saturated rings. The number of hydrogen-bond donors (Lipinski definition) is 0. The Morgan fingerprint density at radius 1 is 1.17 bits per heavy atom. The van der Waals surface area contributed by atoms with E-state index in [0.29, 0.717) is 25.5 Å². The summed E-state index contributed by atoms with van der Waals surface area (Å²) < 4.78 is 5.31. The van der Waals surface area contributed by atoms with E-state index < -0.39 is 11.7 Å². The molecule has 0 N–H and O–H groups in total. The van der Waals surface area contributed by atoms with E-state index in [0.717, 1.165) is 11.1 Å². The Morgan fingerprint density at radius 3 is 2.30 bits per heavy atom. The Bertz CT molecular complexity index is 566. The quantitative estimate of drug-likeness (QED) is 0.796. The van der Waals surface area contributed by atoms with Crippen LogP contribution in [0.25, 0.3) is 0 Å². The number of hydrogen-bond acceptors (Lipinski definition) is 3. The lowest BCUT2D eigenvalue weighted by Gasteiger charge is -2.35. The van der Waals surface area contributed by atoms with E-state index in [2.05, 4.69) is 0 Å². The lowest BCUT2D eigenvalue weighted by molar-refractivity contribution is -0.136. The Hall–Kier alpha value is -1.75. The third-order valence-electron chi connectivity index (χ3n) is 3.52. The van der Waals surface area contributed by atoms with Crippen molar-refractivity contribution in [1.82, 2.24) is 9.80 Å². The predicted octanol–water partition coefficient (Wildman–Crippen LogP) is 3.00. The number of benzene rings is 1. The zero-order chi connectivity index (χ0) is 17.0. The summed E-state index contributed by atoms with van der Waals surface area (Å²) in [7, 11) is 0. The fraction of sp³-hybridized carbons (Fsp3) is 0.529. The van der Waals surface area contributed by atoms with Crippen molar-refractivity contribution in [3.05, 3.63) is 35.4 Å². The molecule has 1 saturated heterocycles. The topological polar surface area (TPSA) is 49.9 Å². The first-order chi connectivity index (χ1) is 10.8. The van der Waals surface area contributed by atoms with Gasteiger partial charge in [-0.1, -0.05) is 24.3 Å². The fourth-order valence-corrected chi connectivity index (χ4v) is 2.49. The van der Waals surface area contributed by atoms with Crippen LogP contribution in [0.2, 0.25) is 0 Å². The van der Waals surface area contributed by atoms with Gasteiger partial charge in [-0.2, -0.15) is 0 Å². The smallest absolute Gasteiger partial charge is 0.410 e. The summed E-state index contributed by atoms with van der Waals surface area (Å²) in [5.41, 5.74) is 1.55. The van der Waals surface area contributed by atoms with Gasteiger partial charge in [0.15, 0.2) is 0 Å². The Kier molecular flexibility index (Phi) is 5.52. The Balaban J connectivity index is 1.91. The van der Waals surface area contributed by atoms with Gasteiger partial charge in [-0.3, -0.25) is 9.69 Å². The number of rotatable bonds is 3. The van der Waals surface area contributed by atoms with Crippen LogP contribution >= 0.6 is 11.6 Å². The van der Waals surface area contributed by atoms with Crippen molar-refractivity contribution in [2.45, 2.75) is 38.8 Å². The van der Waals surface area contributed by atoms with Gasteiger partial charge in [0.1, 0.15) is 12.1 Å². The van der Waals surface area contributed by atoms with Crippen LogP contribution in [0.4, 0.5) is 4.79 Å². The Morgan fingerprint density at radius 2 is 1.78 bits per heavy atom. The zero-order valence-electron chi connectivity index (χ0n) is 13.8. The summed E-state index contributed by atoms with van der Waals surface area (Å²) in [5, 5.41) is 0. The number of carbonyl (C=O) groups is 2. The number of nitrogens with zero attached hydrogens (tertiary/aromatic N) is 2. The second kappa shape index (κ2) is 7.21. The van der Waals surface area contributed by atoms with E-state index in [9.17, 15) is 9.59 Å². The summed E-state index contributed by atoms with van der Waals surface area (Å²) in [5.74, 6) is 0.414. The standard InChI is InChI=1S/C17H23ClN2O3/c1-17(2,3)23-16(22)20-9-8-19(15(21)12-20)11-14-6-4-13(10-18)5-7-14/h4-7H,8-12H2,1-3H3. The van der Waals surface area contributed by atoms with Crippen molar-refractivity contribution < 1.29 is 14.3 Å². The minimum Gasteiger partial charge on any atom is -0.444 e. The summed E-state index contributed by atoms with van der Waals surface area (Å²) in [6, 6.07) is 7.88. The van der Waals surface area contributed by atoms with Crippen molar-refractivity contribution in [2.75, 3.05) is 19.6 Å². The van der Waals surface area contributed by atoms with Crippen LogP contribution in [-0.2, 0) is 22.0 Å². The van der Waals surface area contributed by atoms with Gasteiger partial charge in [0.25, 0.3) is 0 Å². The molecule has 126 valence electrons. The summed E-state index contributed by atoms with van der Waals surface area (Å²) >= 11 is 5.77. The number of piperazine rings is 1. The van der Waals surface area contributed by atoms with Gasteiger partial charge in [0.05, 0.1) is 0 Å². The lowest BCUT2D eigenvalue weighted by atomic mass is 10.1. The largest absolute Gasteiger partial charge is 0.444 e. The summed E-state index contributed by atoms with van der Waals surface area (Å²) in [6.07, 6.45) is -0.433. The van der Waals surface area contributed by atoms with Crippen molar-refractivity contribution in [3.63, 3.8) is 0 Å². The van der Waals surface area contributed by atoms with E-state index in [1.54, 1.807) is 4.90 Å². The first kappa shape index (κ1) is 17.6. The van der Waals surface area contributed by atoms with Crippen LogP contribution in [0.5, 0.6) is 0 Å². The molecule has 0 unspecified atom stereocenters. The van der Waals surface area contributed by atoms with Gasteiger partial charge >= 0.3 is 6.09 Å². The zero-order valence-corrected chi connectivity index (χ0v) is 14.6. The highest BCUT2D eigenvalue weighted by Crippen LogP contribution is 2.15. The molecule has 23 heavy (non-hydrogen) atoms. The number of amides is 2. The van der Waals surface area contributed by atoms with Crippen molar-refractivity contribution >= 4 is 23.6 Å². The minimum atomic E-state index is -0.554. The van der Waals surface area contributed by atoms with Gasteiger partial charge < -0.3 is 9.64 Å². The summed E-state index contributed by atoms with van der Waals surface area (Å²) in [6.45, 7) is 7.04. The lowest BCUT2D eigenvalue weighted by Crippen LogP contribution is -2.52. The highest BCUT2D eigenvalue weighted by molar-refractivity contribution is 6.17. The van der Waals surface area contributed by atoms with Crippen LogP contribution in [0.3, 0.4) is 0 Å². The monoisotopic (exact) mass is 338 g/mol. The maximum Gasteiger partial charge on any atom is 0.410 e. The highest BCUT2D eigenvalue weighted by atomic mass is 35.5. The molecule has 1 aromatic carbocycles. The van der Waals surface area contributed by atoms with Crippen LogP contribution in [0.1, 0.15) is 31.9 Å². The maximum absolute atomic E-state index is 12.3. The molecule has 6 heteroatoms.